The van der Waals surface area contributed by atoms with Gasteiger partial charge < -0.3 is 9.47 Å². The Bertz CT molecular complexity index is 406. The summed E-state index contributed by atoms with van der Waals surface area (Å²) in [7, 11) is 0. The smallest absolute Gasteiger partial charge is 0.153 e. The average molecular weight is 255 g/mol. The molecule has 0 bridgehead atoms. The van der Waals surface area contributed by atoms with Crippen LogP contribution < -0.4 is 4.74 Å². The number of benzene rings is 1. The first kappa shape index (κ1) is 12.4. The standard InChI is InChI=1S/C13H15ClO3/c1-9-2-4-12(17-9)8-16-13-5-3-11(14)6-10(13)7-15/h3,5-7,9,12H,2,4,8H2,1H3. The lowest BCUT2D eigenvalue weighted by Gasteiger charge is -2.13. The van der Waals surface area contributed by atoms with Crippen LogP contribution >= 0.6 is 11.6 Å². The molecule has 2 rings (SSSR count). The van der Waals surface area contributed by atoms with E-state index in [1.807, 2.05) is 0 Å². The van der Waals surface area contributed by atoms with Gasteiger partial charge in [0.1, 0.15) is 12.4 Å². The third kappa shape index (κ3) is 3.20. The van der Waals surface area contributed by atoms with Gasteiger partial charge in [-0.05, 0) is 38.0 Å². The summed E-state index contributed by atoms with van der Waals surface area (Å²) < 4.78 is 11.2. The molecule has 92 valence electrons. The second-order valence-electron chi connectivity index (χ2n) is 4.26. The van der Waals surface area contributed by atoms with E-state index in [0.29, 0.717) is 29.0 Å². The van der Waals surface area contributed by atoms with Crippen LogP contribution in [0.25, 0.3) is 0 Å². The molecule has 0 saturated carbocycles. The maximum absolute atomic E-state index is 10.9. The van der Waals surface area contributed by atoms with Gasteiger partial charge >= 0.3 is 0 Å². The van der Waals surface area contributed by atoms with Crippen molar-refractivity contribution in [2.75, 3.05) is 6.61 Å². The van der Waals surface area contributed by atoms with E-state index in [4.69, 9.17) is 21.1 Å². The highest BCUT2D eigenvalue weighted by atomic mass is 35.5. The molecule has 1 heterocycles. The molecule has 1 saturated heterocycles. The fourth-order valence-electron chi connectivity index (χ4n) is 1.93. The molecule has 17 heavy (non-hydrogen) atoms. The predicted octanol–water partition coefficient (Wildman–Crippen LogP) is 3.10. The zero-order valence-corrected chi connectivity index (χ0v) is 10.4. The number of aldehydes is 1. The van der Waals surface area contributed by atoms with Crippen LogP contribution in [0.2, 0.25) is 5.02 Å². The third-order valence-electron chi connectivity index (χ3n) is 2.84. The molecule has 2 atom stereocenters. The lowest BCUT2D eigenvalue weighted by atomic mass is 10.2. The number of carbonyl (C=O) groups is 1. The van der Waals surface area contributed by atoms with Gasteiger partial charge in [0.2, 0.25) is 0 Å². The molecule has 0 spiro atoms. The summed E-state index contributed by atoms with van der Waals surface area (Å²) in [5, 5.41) is 0.533. The van der Waals surface area contributed by atoms with Crippen molar-refractivity contribution in [1.82, 2.24) is 0 Å². The number of rotatable bonds is 4. The van der Waals surface area contributed by atoms with Gasteiger partial charge in [0.15, 0.2) is 6.29 Å². The Labute approximate surface area is 106 Å². The normalized spacial score (nSPS) is 23.6. The van der Waals surface area contributed by atoms with E-state index in [1.54, 1.807) is 18.2 Å². The third-order valence-corrected chi connectivity index (χ3v) is 3.08. The Morgan fingerprint density at radius 2 is 2.35 bits per heavy atom. The van der Waals surface area contributed by atoms with E-state index in [-0.39, 0.29) is 6.10 Å². The number of ether oxygens (including phenoxy) is 2. The highest BCUT2D eigenvalue weighted by molar-refractivity contribution is 6.30. The summed E-state index contributed by atoms with van der Waals surface area (Å²) >= 11 is 5.80. The Hall–Kier alpha value is -1.06. The van der Waals surface area contributed by atoms with Crippen LogP contribution in [0.15, 0.2) is 18.2 Å². The minimum Gasteiger partial charge on any atom is -0.490 e. The van der Waals surface area contributed by atoms with Crippen molar-refractivity contribution in [3.8, 4) is 5.75 Å². The molecule has 0 amide bonds. The molecule has 1 aliphatic rings. The summed E-state index contributed by atoms with van der Waals surface area (Å²) in [5.74, 6) is 0.563. The molecular formula is C13H15ClO3. The van der Waals surface area contributed by atoms with Crippen LogP contribution in [-0.4, -0.2) is 25.1 Å². The predicted molar refractivity (Wildman–Crippen MR) is 65.9 cm³/mol. The van der Waals surface area contributed by atoms with E-state index in [1.165, 1.54) is 0 Å². The summed E-state index contributed by atoms with van der Waals surface area (Å²) in [6.45, 7) is 2.53. The van der Waals surface area contributed by atoms with Crippen molar-refractivity contribution in [3.63, 3.8) is 0 Å². The van der Waals surface area contributed by atoms with Gasteiger partial charge in [-0.1, -0.05) is 11.6 Å². The van der Waals surface area contributed by atoms with Crippen molar-refractivity contribution in [1.29, 1.82) is 0 Å². The minimum absolute atomic E-state index is 0.125. The molecule has 1 fully saturated rings. The highest BCUT2D eigenvalue weighted by Crippen LogP contribution is 2.24. The van der Waals surface area contributed by atoms with E-state index < -0.39 is 0 Å². The molecule has 1 aromatic rings. The van der Waals surface area contributed by atoms with Crippen LogP contribution in [-0.2, 0) is 4.74 Å². The highest BCUT2D eigenvalue weighted by Gasteiger charge is 2.22. The topological polar surface area (TPSA) is 35.5 Å². The summed E-state index contributed by atoms with van der Waals surface area (Å²) in [6, 6.07) is 5.02. The minimum atomic E-state index is 0.125. The molecule has 0 N–H and O–H groups in total. The molecule has 1 aliphatic heterocycles. The van der Waals surface area contributed by atoms with Crippen molar-refractivity contribution in [3.05, 3.63) is 28.8 Å². The molecule has 4 heteroatoms. The molecule has 3 nitrogen and oxygen atoms in total. The first-order chi connectivity index (χ1) is 8.19. The van der Waals surface area contributed by atoms with Gasteiger partial charge in [-0.25, -0.2) is 0 Å². The quantitative estimate of drug-likeness (QED) is 0.775. The van der Waals surface area contributed by atoms with Crippen molar-refractivity contribution in [2.24, 2.45) is 0 Å². The maximum atomic E-state index is 10.9. The number of hydrogen-bond donors (Lipinski definition) is 0. The summed E-state index contributed by atoms with van der Waals surface area (Å²) in [4.78, 5) is 10.9. The molecule has 0 radical (unpaired) electrons. The van der Waals surface area contributed by atoms with Crippen molar-refractivity contribution >= 4 is 17.9 Å². The first-order valence-electron chi connectivity index (χ1n) is 5.72. The van der Waals surface area contributed by atoms with Crippen LogP contribution in [0.4, 0.5) is 0 Å². The van der Waals surface area contributed by atoms with Gasteiger partial charge in [0.05, 0.1) is 17.8 Å². The Morgan fingerprint density at radius 1 is 1.53 bits per heavy atom. The Morgan fingerprint density at radius 3 is 3.00 bits per heavy atom. The maximum Gasteiger partial charge on any atom is 0.153 e. The SMILES string of the molecule is CC1CCC(COc2ccc(Cl)cc2C=O)O1. The molecule has 0 aliphatic carbocycles. The Kier molecular flexibility index (Phi) is 4.02. The lowest BCUT2D eigenvalue weighted by Crippen LogP contribution is -2.18. The van der Waals surface area contributed by atoms with Crippen molar-refractivity contribution < 1.29 is 14.3 Å². The van der Waals surface area contributed by atoms with E-state index in [9.17, 15) is 4.79 Å². The summed E-state index contributed by atoms with van der Waals surface area (Å²) in [6.07, 6.45) is 3.25. The number of hydrogen-bond acceptors (Lipinski definition) is 3. The molecule has 2 unspecified atom stereocenters. The second-order valence-corrected chi connectivity index (χ2v) is 4.69. The van der Waals surface area contributed by atoms with Gasteiger partial charge in [-0.3, -0.25) is 4.79 Å². The van der Waals surface area contributed by atoms with Crippen LogP contribution in [0, 0.1) is 0 Å². The molecule has 0 aromatic heterocycles. The number of carbonyl (C=O) groups excluding carboxylic acids is 1. The zero-order chi connectivity index (χ0) is 12.3. The Balaban J connectivity index is 1.96. The summed E-state index contributed by atoms with van der Waals surface area (Å²) in [5.41, 5.74) is 0.476. The zero-order valence-electron chi connectivity index (χ0n) is 9.69. The molecule has 1 aromatic carbocycles. The van der Waals surface area contributed by atoms with Crippen LogP contribution in [0.1, 0.15) is 30.1 Å². The fourth-order valence-corrected chi connectivity index (χ4v) is 2.11. The lowest BCUT2D eigenvalue weighted by molar-refractivity contribution is 0.0263. The van der Waals surface area contributed by atoms with Gasteiger partial charge in [-0.15, -0.1) is 0 Å². The van der Waals surface area contributed by atoms with E-state index in [0.717, 1.165) is 19.1 Å². The van der Waals surface area contributed by atoms with Gasteiger partial charge in [0, 0.05) is 5.02 Å². The monoisotopic (exact) mass is 254 g/mol. The van der Waals surface area contributed by atoms with Crippen LogP contribution in [0.5, 0.6) is 5.75 Å². The average Bonchev–Trinajstić information content (AvgIpc) is 2.73. The molecular weight excluding hydrogens is 240 g/mol. The van der Waals surface area contributed by atoms with Crippen molar-refractivity contribution in [2.45, 2.75) is 32.0 Å². The van der Waals surface area contributed by atoms with Gasteiger partial charge in [0.25, 0.3) is 0 Å². The van der Waals surface area contributed by atoms with E-state index in [2.05, 4.69) is 6.92 Å². The second kappa shape index (κ2) is 5.52. The number of halogens is 1. The fraction of sp³-hybridized carbons (Fsp3) is 0.462. The van der Waals surface area contributed by atoms with Crippen LogP contribution in [0.3, 0.4) is 0 Å². The van der Waals surface area contributed by atoms with E-state index >= 15 is 0 Å². The largest absolute Gasteiger partial charge is 0.490 e. The first-order valence-corrected chi connectivity index (χ1v) is 6.10. The van der Waals surface area contributed by atoms with Gasteiger partial charge in [-0.2, -0.15) is 0 Å².